The Morgan fingerprint density at radius 2 is 1.83 bits per heavy atom. The second-order valence-corrected chi connectivity index (χ2v) is 13.2. The summed E-state index contributed by atoms with van der Waals surface area (Å²) in [4.78, 5) is 29.2. The molecule has 2 aliphatic rings. The highest BCUT2D eigenvalue weighted by atomic mass is 19.3. The molecule has 0 atom stereocenters. The van der Waals surface area contributed by atoms with Crippen LogP contribution in [0.3, 0.4) is 0 Å². The van der Waals surface area contributed by atoms with Crippen LogP contribution in [-0.4, -0.2) is 65.7 Å². The maximum atomic E-state index is 13.8. The second-order valence-electron chi connectivity index (χ2n) is 13.2. The standard InChI is InChI=1S/C33H32F3N7O5/c1-32(2,46)16-47-20-5-6-22-24(9-20)43(31(35)36)40-27(22)29(45)39-19-10-33(11-19)12-21(13-33)48-30-26(28(37)44)23-7-3-18(15-42(23)41-30)17-4-8-25(34)38-14-17/h3-9,14-15,19,21,31,46H,10-13,16H2,1-2H3,(H2,37,44)(H,39,45). The summed E-state index contributed by atoms with van der Waals surface area (Å²) in [6.45, 7) is 0.0968. The van der Waals surface area contributed by atoms with Gasteiger partial charge in [0, 0.05) is 41.0 Å². The van der Waals surface area contributed by atoms with Crippen LogP contribution < -0.4 is 20.5 Å². The number of nitrogens with zero attached hydrogens (tertiary/aromatic N) is 5. The average molecular weight is 664 g/mol. The Balaban J connectivity index is 0.988. The van der Waals surface area contributed by atoms with Gasteiger partial charge in [0.05, 0.1) is 16.6 Å². The minimum absolute atomic E-state index is 0.0402. The van der Waals surface area contributed by atoms with E-state index in [-0.39, 0.29) is 58.0 Å². The van der Waals surface area contributed by atoms with Gasteiger partial charge in [-0.2, -0.15) is 18.3 Å². The van der Waals surface area contributed by atoms with E-state index in [2.05, 4.69) is 20.5 Å². The maximum Gasteiger partial charge on any atom is 0.333 e. The number of benzene rings is 1. The van der Waals surface area contributed by atoms with Crippen molar-refractivity contribution in [2.75, 3.05) is 6.61 Å². The number of ether oxygens (including phenoxy) is 2. The molecule has 48 heavy (non-hydrogen) atoms. The Hall–Kier alpha value is -5.18. The molecular formula is C33H32F3N7O5. The number of fused-ring (bicyclic) bond motifs is 2. The summed E-state index contributed by atoms with van der Waals surface area (Å²) in [5.41, 5.74) is 6.44. The van der Waals surface area contributed by atoms with Crippen molar-refractivity contribution < 1.29 is 37.3 Å². The van der Waals surface area contributed by atoms with Crippen molar-refractivity contribution in [2.24, 2.45) is 11.1 Å². The molecule has 5 aromatic rings. The number of primary amides is 1. The zero-order valence-electron chi connectivity index (χ0n) is 26.0. The van der Waals surface area contributed by atoms with Crippen LogP contribution in [0.2, 0.25) is 0 Å². The molecule has 2 amide bonds. The predicted octanol–water partition coefficient (Wildman–Crippen LogP) is 4.65. The van der Waals surface area contributed by atoms with Crippen LogP contribution in [0.15, 0.2) is 54.9 Å². The smallest absolute Gasteiger partial charge is 0.333 e. The number of carbonyl (C=O) groups is 2. The molecular weight excluding hydrogens is 631 g/mol. The molecule has 0 unspecified atom stereocenters. The predicted molar refractivity (Wildman–Crippen MR) is 166 cm³/mol. The molecule has 12 nitrogen and oxygen atoms in total. The first-order chi connectivity index (χ1) is 22.8. The van der Waals surface area contributed by atoms with Crippen molar-refractivity contribution in [1.29, 1.82) is 0 Å². The van der Waals surface area contributed by atoms with E-state index in [1.54, 1.807) is 44.3 Å². The molecule has 2 aliphatic carbocycles. The minimum atomic E-state index is -2.98. The molecule has 0 saturated heterocycles. The lowest BCUT2D eigenvalue weighted by Crippen LogP contribution is -2.58. The van der Waals surface area contributed by atoms with E-state index in [0.717, 1.165) is 0 Å². The number of nitrogens with one attached hydrogen (secondary N) is 1. The molecule has 0 bridgehead atoms. The first-order valence-corrected chi connectivity index (χ1v) is 15.3. The Bertz CT molecular complexity index is 2040. The molecule has 4 N–H and O–H groups in total. The second kappa shape index (κ2) is 11.5. The van der Waals surface area contributed by atoms with Crippen LogP contribution in [0, 0.1) is 11.4 Å². The van der Waals surface area contributed by atoms with E-state index in [0.29, 0.717) is 47.0 Å². The highest BCUT2D eigenvalue weighted by Crippen LogP contribution is 2.57. The first-order valence-electron chi connectivity index (χ1n) is 15.3. The Morgan fingerprint density at radius 3 is 2.50 bits per heavy atom. The van der Waals surface area contributed by atoms with Gasteiger partial charge in [-0.25, -0.2) is 14.2 Å². The highest BCUT2D eigenvalue weighted by molar-refractivity contribution is 6.05. The van der Waals surface area contributed by atoms with Gasteiger partial charge in [-0.05, 0) is 75.3 Å². The molecule has 4 aromatic heterocycles. The van der Waals surface area contributed by atoms with Gasteiger partial charge in [0.2, 0.25) is 11.8 Å². The summed E-state index contributed by atoms with van der Waals surface area (Å²) in [5, 5.41) is 21.5. The molecule has 0 radical (unpaired) electrons. The molecule has 250 valence electrons. The van der Waals surface area contributed by atoms with Gasteiger partial charge in [-0.3, -0.25) is 9.59 Å². The van der Waals surface area contributed by atoms with Crippen LogP contribution in [0.4, 0.5) is 13.2 Å². The van der Waals surface area contributed by atoms with Gasteiger partial charge in [-0.15, -0.1) is 5.10 Å². The molecule has 2 saturated carbocycles. The van der Waals surface area contributed by atoms with Crippen LogP contribution in [0.25, 0.3) is 27.5 Å². The number of carbonyl (C=O) groups excluding carboxylic acids is 2. The molecule has 2 fully saturated rings. The average Bonchev–Trinajstić information content (AvgIpc) is 3.56. The van der Waals surface area contributed by atoms with Crippen molar-refractivity contribution in [2.45, 2.75) is 63.8 Å². The van der Waals surface area contributed by atoms with Crippen LogP contribution in [0.1, 0.15) is 66.9 Å². The van der Waals surface area contributed by atoms with Crippen molar-refractivity contribution in [3.8, 4) is 22.8 Å². The van der Waals surface area contributed by atoms with Gasteiger partial charge in [0.15, 0.2) is 5.69 Å². The zero-order valence-corrected chi connectivity index (χ0v) is 26.0. The lowest BCUT2D eigenvalue weighted by Gasteiger charge is -2.57. The Morgan fingerprint density at radius 1 is 1.08 bits per heavy atom. The van der Waals surface area contributed by atoms with E-state index in [4.69, 9.17) is 15.2 Å². The summed E-state index contributed by atoms with van der Waals surface area (Å²) in [6.07, 6.45) is 5.56. The number of aliphatic hydroxyl groups is 1. The number of rotatable bonds is 10. The Labute approximate surface area is 271 Å². The number of nitrogens with two attached hydrogens (primary N) is 1. The van der Waals surface area contributed by atoms with Crippen molar-refractivity contribution in [1.82, 2.24) is 29.7 Å². The van der Waals surface area contributed by atoms with Gasteiger partial charge in [0.25, 0.3) is 11.8 Å². The molecule has 7 rings (SSSR count). The van der Waals surface area contributed by atoms with E-state index >= 15 is 0 Å². The van der Waals surface area contributed by atoms with E-state index in [1.165, 1.54) is 28.9 Å². The van der Waals surface area contributed by atoms with E-state index < -0.39 is 29.9 Å². The van der Waals surface area contributed by atoms with Gasteiger partial charge in [0.1, 0.15) is 24.0 Å². The fraction of sp³-hybridized carbons (Fsp3) is 0.364. The molecule has 4 heterocycles. The third-order valence-electron chi connectivity index (χ3n) is 8.87. The van der Waals surface area contributed by atoms with Crippen molar-refractivity contribution in [3.05, 3.63) is 72.1 Å². The van der Waals surface area contributed by atoms with Crippen LogP contribution >= 0.6 is 0 Å². The summed E-state index contributed by atoms with van der Waals surface area (Å²) in [5.74, 6) is -1.44. The number of halogens is 3. The minimum Gasteiger partial charge on any atom is -0.491 e. The largest absolute Gasteiger partial charge is 0.491 e. The third-order valence-corrected chi connectivity index (χ3v) is 8.87. The van der Waals surface area contributed by atoms with Crippen molar-refractivity contribution >= 4 is 28.2 Å². The SMILES string of the molecule is CC(C)(O)COc1ccc2c(C(=O)NC3CC4(C3)CC(Oc3nn5cc(-c6ccc(F)nc6)ccc5c3C(N)=O)C4)nn(C(F)F)c2c1. The number of hydrogen-bond donors (Lipinski definition) is 3. The topological polar surface area (TPSA) is 159 Å². The lowest BCUT2D eigenvalue weighted by atomic mass is 9.53. The summed E-state index contributed by atoms with van der Waals surface area (Å²) >= 11 is 0. The van der Waals surface area contributed by atoms with Gasteiger partial charge in [-0.1, -0.05) is 6.07 Å². The molecule has 0 aliphatic heterocycles. The van der Waals surface area contributed by atoms with Crippen LogP contribution in [-0.2, 0) is 0 Å². The van der Waals surface area contributed by atoms with Gasteiger partial charge >= 0.3 is 6.55 Å². The zero-order chi connectivity index (χ0) is 34.0. The molecule has 15 heteroatoms. The van der Waals surface area contributed by atoms with E-state index in [1.807, 2.05) is 0 Å². The van der Waals surface area contributed by atoms with Crippen LogP contribution in [0.5, 0.6) is 11.6 Å². The Kier molecular flexibility index (Phi) is 7.53. The number of aromatic nitrogens is 5. The number of hydrogen-bond acceptors (Lipinski definition) is 8. The monoisotopic (exact) mass is 663 g/mol. The summed E-state index contributed by atoms with van der Waals surface area (Å²) < 4.78 is 54.6. The lowest BCUT2D eigenvalue weighted by molar-refractivity contribution is -0.0848. The first kappa shape index (κ1) is 31.4. The quantitative estimate of drug-likeness (QED) is 0.182. The number of amides is 2. The highest BCUT2D eigenvalue weighted by Gasteiger charge is 2.54. The fourth-order valence-electron chi connectivity index (χ4n) is 6.66. The van der Waals surface area contributed by atoms with Gasteiger partial charge < -0.3 is 25.6 Å². The van der Waals surface area contributed by atoms with Crippen molar-refractivity contribution in [3.63, 3.8) is 0 Å². The molecule has 1 spiro atoms. The molecule has 1 aromatic carbocycles. The normalized spacial score (nSPS) is 20.6. The maximum absolute atomic E-state index is 13.8. The summed E-state index contributed by atoms with van der Waals surface area (Å²) in [7, 11) is 0. The fourth-order valence-corrected chi connectivity index (χ4v) is 6.66. The third kappa shape index (κ3) is 5.89. The number of pyridine rings is 2. The summed E-state index contributed by atoms with van der Waals surface area (Å²) in [6, 6.07) is 10.6. The number of alkyl halides is 2. The van der Waals surface area contributed by atoms with E-state index in [9.17, 15) is 27.9 Å².